The fourth-order valence-electron chi connectivity index (χ4n) is 3.02. The van der Waals surface area contributed by atoms with E-state index in [4.69, 9.17) is 17.3 Å². The van der Waals surface area contributed by atoms with Crippen LogP contribution in [0.4, 0.5) is 17.5 Å². The molecule has 5 N–H and O–H groups in total. The van der Waals surface area contributed by atoms with Gasteiger partial charge in [-0.2, -0.15) is 4.98 Å². The molecule has 0 radical (unpaired) electrons. The lowest BCUT2D eigenvalue weighted by Gasteiger charge is -2.26. The molecular weight excluding hydrogens is 352 g/mol. The largest absolute Gasteiger partial charge is 0.355 e. The standard InChI is InChI=1S/C18H23ClN6O/c1-21-17(26)13-4-2-3-5-15(13)24-16-14(19)10-22-18(25-16)23-12-8-6-11(20)7-9-12/h2-5,10-12H,6-9,20H2,1H3,(H,21,26)(H2,22,23,24,25)/t11-,12-. The van der Waals surface area contributed by atoms with Crippen LogP contribution < -0.4 is 21.7 Å². The topological polar surface area (TPSA) is 105 Å². The number of amides is 1. The fraction of sp³-hybridized carbons (Fsp3) is 0.389. The number of hydrogen-bond donors (Lipinski definition) is 4. The first-order valence-corrected chi connectivity index (χ1v) is 9.07. The van der Waals surface area contributed by atoms with Crippen molar-refractivity contribution in [2.75, 3.05) is 17.7 Å². The van der Waals surface area contributed by atoms with Crippen LogP contribution in [0.2, 0.25) is 5.02 Å². The van der Waals surface area contributed by atoms with Crippen molar-refractivity contribution >= 4 is 35.0 Å². The van der Waals surface area contributed by atoms with Crippen molar-refractivity contribution in [3.05, 3.63) is 41.0 Å². The average Bonchev–Trinajstić information content (AvgIpc) is 2.66. The van der Waals surface area contributed by atoms with Gasteiger partial charge < -0.3 is 21.7 Å². The second-order valence-electron chi connectivity index (χ2n) is 6.40. The number of para-hydroxylation sites is 1. The molecule has 1 aromatic heterocycles. The minimum atomic E-state index is -0.185. The molecule has 0 spiro atoms. The smallest absolute Gasteiger partial charge is 0.253 e. The molecule has 1 aliphatic rings. The van der Waals surface area contributed by atoms with E-state index in [2.05, 4.69) is 25.9 Å². The second-order valence-corrected chi connectivity index (χ2v) is 6.80. The molecular formula is C18H23ClN6O. The number of benzene rings is 1. The van der Waals surface area contributed by atoms with Crippen molar-refractivity contribution in [2.45, 2.75) is 37.8 Å². The van der Waals surface area contributed by atoms with Gasteiger partial charge in [0.05, 0.1) is 17.4 Å². The maximum Gasteiger partial charge on any atom is 0.253 e. The normalized spacial score (nSPS) is 19.7. The summed E-state index contributed by atoms with van der Waals surface area (Å²) in [7, 11) is 1.59. The first-order valence-electron chi connectivity index (χ1n) is 8.69. The van der Waals surface area contributed by atoms with Crippen LogP contribution in [0.1, 0.15) is 36.0 Å². The average molecular weight is 375 g/mol. The van der Waals surface area contributed by atoms with Gasteiger partial charge in [0.15, 0.2) is 5.82 Å². The zero-order valence-corrected chi connectivity index (χ0v) is 15.4. The van der Waals surface area contributed by atoms with Crippen LogP contribution in [0.15, 0.2) is 30.5 Å². The number of carbonyl (C=O) groups excluding carboxylic acids is 1. The number of nitrogens with two attached hydrogens (primary N) is 1. The molecule has 8 heteroatoms. The Morgan fingerprint density at radius 2 is 1.96 bits per heavy atom. The van der Waals surface area contributed by atoms with Crippen molar-refractivity contribution in [3.8, 4) is 0 Å². The third-order valence-electron chi connectivity index (χ3n) is 4.50. The highest BCUT2D eigenvalue weighted by Gasteiger charge is 2.19. The molecule has 2 aromatic rings. The molecule has 0 unspecified atom stereocenters. The number of hydrogen-bond acceptors (Lipinski definition) is 6. The van der Waals surface area contributed by atoms with Crippen LogP contribution in [-0.2, 0) is 0 Å². The van der Waals surface area contributed by atoms with Gasteiger partial charge in [-0.05, 0) is 37.8 Å². The highest BCUT2D eigenvalue weighted by molar-refractivity contribution is 6.33. The summed E-state index contributed by atoms with van der Waals surface area (Å²) >= 11 is 6.24. The molecule has 26 heavy (non-hydrogen) atoms. The third-order valence-corrected chi connectivity index (χ3v) is 4.78. The first kappa shape index (κ1) is 18.4. The zero-order chi connectivity index (χ0) is 18.5. The van der Waals surface area contributed by atoms with Crippen molar-refractivity contribution in [1.29, 1.82) is 0 Å². The molecule has 1 aliphatic carbocycles. The van der Waals surface area contributed by atoms with E-state index in [1.165, 1.54) is 0 Å². The highest BCUT2D eigenvalue weighted by atomic mass is 35.5. The summed E-state index contributed by atoms with van der Waals surface area (Å²) in [5, 5.41) is 9.49. The molecule has 138 valence electrons. The van der Waals surface area contributed by atoms with Crippen LogP contribution >= 0.6 is 11.6 Å². The Morgan fingerprint density at radius 3 is 2.69 bits per heavy atom. The van der Waals surface area contributed by atoms with Crippen molar-refractivity contribution in [2.24, 2.45) is 5.73 Å². The number of anilines is 3. The van der Waals surface area contributed by atoms with Gasteiger partial charge in [0, 0.05) is 19.1 Å². The van der Waals surface area contributed by atoms with Gasteiger partial charge in [0.25, 0.3) is 5.91 Å². The summed E-state index contributed by atoms with van der Waals surface area (Å²) < 4.78 is 0. The highest BCUT2D eigenvalue weighted by Crippen LogP contribution is 2.27. The number of nitrogens with zero attached hydrogens (tertiary/aromatic N) is 2. The Kier molecular flexibility index (Phi) is 5.90. The van der Waals surface area contributed by atoms with Gasteiger partial charge in [-0.1, -0.05) is 23.7 Å². The Balaban J connectivity index is 1.77. The van der Waals surface area contributed by atoms with Crippen LogP contribution in [0, 0.1) is 0 Å². The van der Waals surface area contributed by atoms with E-state index in [1.54, 1.807) is 31.4 Å². The minimum Gasteiger partial charge on any atom is -0.355 e. The van der Waals surface area contributed by atoms with E-state index in [-0.39, 0.29) is 11.9 Å². The SMILES string of the molecule is CNC(=O)c1ccccc1Nc1nc(N[C@H]2CC[C@H](N)CC2)ncc1Cl. The Labute approximate surface area is 157 Å². The molecule has 0 saturated heterocycles. The summed E-state index contributed by atoms with van der Waals surface area (Å²) in [5.74, 6) is 0.776. The van der Waals surface area contributed by atoms with E-state index in [0.717, 1.165) is 25.7 Å². The lowest BCUT2D eigenvalue weighted by atomic mass is 9.92. The molecule has 7 nitrogen and oxygen atoms in total. The van der Waals surface area contributed by atoms with E-state index in [1.807, 2.05) is 6.07 Å². The van der Waals surface area contributed by atoms with Gasteiger partial charge in [-0.3, -0.25) is 4.79 Å². The summed E-state index contributed by atoms with van der Waals surface area (Å²) in [5.41, 5.74) is 7.09. The summed E-state index contributed by atoms with van der Waals surface area (Å²) in [6.07, 6.45) is 5.53. The number of halogens is 1. The van der Waals surface area contributed by atoms with Gasteiger partial charge in [-0.15, -0.1) is 0 Å². The Morgan fingerprint density at radius 1 is 1.23 bits per heavy atom. The first-order chi connectivity index (χ1) is 12.6. The van der Waals surface area contributed by atoms with E-state index < -0.39 is 0 Å². The third kappa shape index (κ3) is 4.42. The summed E-state index contributed by atoms with van der Waals surface area (Å²) in [6.45, 7) is 0. The van der Waals surface area contributed by atoms with Crippen LogP contribution in [0.25, 0.3) is 0 Å². The molecule has 1 aromatic carbocycles. The predicted octanol–water partition coefficient (Wildman–Crippen LogP) is 2.92. The molecule has 3 rings (SSSR count). The van der Waals surface area contributed by atoms with Crippen LogP contribution in [0.5, 0.6) is 0 Å². The summed E-state index contributed by atoms with van der Waals surface area (Å²) in [4.78, 5) is 20.8. The van der Waals surface area contributed by atoms with E-state index in [0.29, 0.717) is 34.1 Å². The summed E-state index contributed by atoms with van der Waals surface area (Å²) in [6, 6.07) is 7.78. The van der Waals surface area contributed by atoms with E-state index >= 15 is 0 Å². The monoisotopic (exact) mass is 374 g/mol. The van der Waals surface area contributed by atoms with Gasteiger partial charge in [0.1, 0.15) is 5.02 Å². The predicted molar refractivity (Wildman–Crippen MR) is 104 cm³/mol. The Bertz CT molecular complexity index is 776. The fourth-order valence-corrected chi connectivity index (χ4v) is 3.16. The van der Waals surface area contributed by atoms with Crippen LogP contribution in [-0.4, -0.2) is 35.0 Å². The molecule has 0 atom stereocenters. The molecule has 1 fully saturated rings. The lowest BCUT2D eigenvalue weighted by molar-refractivity contribution is 0.0964. The van der Waals surface area contributed by atoms with Crippen molar-refractivity contribution < 1.29 is 4.79 Å². The number of nitrogens with one attached hydrogen (secondary N) is 3. The minimum absolute atomic E-state index is 0.185. The van der Waals surface area contributed by atoms with Crippen molar-refractivity contribution in [1.82, 2.24) is 15.3 Å². The molecule has 0 aliphatic heterocycles. The maximum atomic E-state index is 12.0. The molecule has 1 heterocycles. The second kappa shape index (κ2) is 8.33. The Hall–Kier alpha value is -2.38. The van der Waals surface area contributed by atoms with Crippen LogP contribution in [0.3, 0.4) is 0 Å². The van der Waals surface area contributed by atoms with Gasteiger partial charge in [0.2, 0.25) is 5.95 Å². The van der Waals surface area contributed by atoms with Gasteiger partial charge >= 0.3 is 0 Å². The maximum absolute atomic E-state index is 12.0. The number of carbonyl (C=O) groups is 1. The van der Waals surface area contributed by atoms with E-state index in [9.17, 15) is 4.79 Å². The molecule has 1 saturated carbocycles. The molecule has 1 amide bonds. The lowest BCUT2D eigenvalue weighted by Crippen LogP contribution is -2.33. The van der Waals surface area contributed by atoms with Crippen molar-refractivity contribution in [3.63, 3.8) is 0 Å². The zero-order valence-electron chi connectivity index (χ0n) is 14.6. The van der Waals surface area contributed by atoms with Gasteiger partial charge in [-0.25, -0.2) is 4.98 Å². The number of rotatable bonds is 5. The molecule has 0 bridgehead atoms. The quantitative estimate of drug-likeness (QED) is 0.641. The number of aromatic nitrogens is 2.